The molecular weight excluding hydrogens is 382 g/mol. The third-order valence-electron chi connectivity index (χ3n) is 6.50. The largest absolute Gasteiger partial charge is 0.491 e. The molecule has 2 aliphatic rings. The second-order valence-electron chi connectivity index (χ2n) is 8.86. The molecular formula is C23H35N3O4. The van der Waals surface area contributed by atoms with Crippen molar-refractivity contribution in [2.24, 2.45) is 11.8 Å². The van der Waals surface area contributed by atoms with Gasteiger partial charge < -0.3 is 19.7 Å². The predicted octanol–water partition coefficient (Wildman–Crippen LogP) is 2.86. The quantitative estimate of drug-likeness (QED) is 0.819. The molecule has 7 nitrogen and oxygen atoms in total. The lowest BCUT2D eigenvalue weighted by Crippen LogP contribution is -2.45. The summed E-state index contributed by atoms with van der Waals surface area (Å²) in [5.74, 6) is 0.766. The second kappa shape index (κ2) is 9.79. The molecule has 1 aliphatic heterocycles. The van der Waals surface area contributed by atoms with Crippen molar-refractivity contribution in [3.05, 3.63) is 23.8 Å². The summed E-state index contributed by atoms with van der Waals surface area (Å²) in [5, 5.41) is 2.96. The Bertz CT molecular complexity index is 765. The Morgan fingerprint density at radius 1 is 1.20 bits per heavy atom. The van der Waals surface area contributed by atoms with Crippen LogP contribution in [0.3, 0.4) is 0 Å². The predicted molar refractivity (Wildman–Crippen MR) is 117 cm³/mol. The number of nitrogens with one attached hydrogen (secondary N) is 1. The number of carbonyl (C=O) groups is 2. The highest BCUT2D eigenvalue weighted by atomic mass is 16.5. The molecule has 0 spiro atoms. The summed E-state index contributed by atoms with van der Waals surface area (Å²) in [7, 11) is 5.56. The molecule has 3 atom stereocenters. The van der Waals surface area contributed by atoms with Crippen LogP contribution in [0.2, 0.25) is 0 Å². The lowest BCUT2D eigenvalue weighted by molar-refractivity contribution is -0.122. The number of fused-ring (bicyclic) bond motifs is 1. The van der Waals surface area contributed by atoms with Crippen molar-refractivity contribution in [3.63, 3.8) is 0 Å². The average Bonchev–Trinajstić information content (AvgIpc) is 2.67. The Balaban J connectivity index is 1.88. The van der Waals surface area contributed by atoms with Crippen LogP contribution in [0, 0.1) is 11.8 Å². The molecule has 1 aromatic carbocycles. The first-order valence-electron chi connectivity index (χ1n) is 10.9. The first-order chi connectivity index (χ1) is 14.3. The highest BCUT2D eigenvalue weighted by Gasteiger charge is 2.28. The van der Waals surface area contributed by atoms with Crippen LogP contribution in [0.1, 0.15) is 43.5 Å². The number of nitrogens with zero attached hydrogens (tertiary/aromatic N) is 2. The normalized spacial score (nSPS) is 26.6. The summed E-state index contributed by atoms with van der Waals surface area (Å²) in [5.41, 5.74) is 1.09. The van der Waals surface area contributed by atoms with E-state index in [9.17, 15) is 9.59 Å². The van der Waals surface area contributed by atoms with Crippen molar-refractivity contribution in [2.75, 3.05) is 46.2 Å². The van der Waals surface area contributed by atoms with E-state index in [1.807, 2.05) is 6.07 Å². The number of hydrogen-bond acceptors (Lipinski definition) is 5. The Kier molecular flexibility index (Phi) is 7.36. The molecule has 1 aromatic rings. The zero-order valence-corrected chi connectivity index (χ0v) is 18.8. The fourth-order valence-electron chi connectivity index (χ4n) is 3.95. The molecule has 7 heteroatoms. The van der Waals surface area contributed by atoms with E-state index >= 15 is 0 Å². The Morgan fingerprint density at radius 2 is 1.93 bits per heavy atom. The topological polar surface area (TPSA) is 71.1 Å². The number of hydrogen-bond donors (Lipinski definition) is 1. The van der Waals surface area contributed by atoms with Crippen LogP contribution in [0.15, 0.2) is 18.2 Å². The van der Waals surface area contributed by atoms with Crippen molar-refractivity contribution in [3.8, 4) is 5.75 Å². The van der Waals surface area contributed by atoms with E-state index in [1.165, 1.54) is 0 Å². The van der Waals surface area contributed by atoms with Crippen LogP contribution in [0.5, 0.6) is 5.75 Å². The molecule has 0 bridgehead atoms. The van der Waals surface area contributed by atoms with Gasteiger partial charge in [-0.3, -0.25) is 14.5 Å². The number of methoxy groups -OCH3 is 1. The molecule has 2 amide bonds. The van der Waals surface area contributed by atoms with Gasteiger partial charge in [0.1, 0.15) is 12.4 Å². The number of ether oxygens (including phenoxy) is 2. The minimum absolute atomic E-state index is 0.0274. The van der Waals surface area contributed by atoms with Crippen LogP contribution < -0.4 is 10.1 Å². The van der Waals surface area contributed by atoms with E-state index in [2.05, 4.69) is 31.1 Å². The van der Waals surface area contributed by atoms with Crippen molar-refractivity contribution < 1.29 is 19.1 Å². The molecule has 1 N–H and O–H groups in total. The molecule has 0 aromatic heterocycles. The maximum Gasteiger partial charge on any atom is 0.257 e. The van der Waals surface area contributed by atoms with Crippen LogP contribution in [-0.2, 0) is 9.53 Å². The number of likely N-dealkylation sites (N-methyl/N-ethyl adjacent to an activating group) is 2. The fourth-order valence-corrected chi connectivity index (χ4v) is 3.95. The van der Waals surface area contributed by atoms with Gasteiger partial charge in [-0.05, 0) is 50.9 Å². The van der Waals surface area contributed by atoms with Crippen LogP contribution in [0.4, 0.5) is 5.69 Å². The standard InChI is InChI=1S/C23H35N3O4/c1-15-12-25(3)16(2)14-30-20-10-9-18(24-22(27)17-7-6-8-17)11-19(20)23(28)26(4)13-21(15)29-5/h9-11,15-17,21H,6-8,12-14H2,1-5H3,(H,24,27)/t15-,16+,21+/m0/s1. The molecule has 1 fully saturated rings. The maximum atomic E-state index is 13.3. The van der Waals surface area contributed by atoms with Crippen LogP contribution in [0.25, 0.3) is 0 Å². The highest BCUT2D eigenvalue weighted by Crippen LogP contribution is 2.30. The number of anilines is 1. The van der Waals surface area contributed by atoms with Gasteiger partial charge in [-0.25, -0.2) is 0 Å². The monoisotopic (exact) mass is 417 g/mol. The Labute approximate surface area is 179 Å². The summed E-state index contributed by atoms with van der Waals surface area (Å²) in [6, 6.07) is 5.51. The summed E-state index contributed by atoms with van der Waals surface area (Å²) in [4.78, 5) is 29.6. The van der Waals surface area contributed by atoms with E-state index in [0.717, 1.165) is 25.8 Å². The van der Waals surface area contributed by atoms with Gasteiger partial charge in [0, 0.05) is 44.9 Å². The molecule has 3 rings (SSSR count). The van der Waals surface area contributed by atoms with Gasteiger partial charge in [-0.1, -0.05) is 13.3 Å². The van der Waals surface area contributed by atoms with Crippen LogP contribution >= 0.6 is 0 Å². The summed E-state index contributed by atoms with van der Waals surface area (Å²) < 4.78 is 11.8. The third-order valence-corrected chi connectivity index (χ3v) is 6.50. The zero-order chi connectivity index (χ0) is 21.8. The summed E-state index contributed by atoms with van der Waals surface area (Å²) in [6.07, 6.45) is 2.90. The van der Waals surface area contributed by atoms with Gasteiger partial charge in [-0.15, -0.1) is 0 Å². The van der Waals surface area contributed by atoms with Gasteiger partial charge in [-0.2, -0.15) is 0 Å². The van der Waals surface area contributed by atoms with E-state index in [0.29, 0.717) is 30.2 Å². The Morgan fingerprint density at radius 3 is 2.57 bits per heavy atom. The zero-order valence-electron chi connectivity index (χ0n) is 18.8. The molecule has 0 saturated heterocycles. The molecule has 30 heavy (non-hydrogen) atoms. The van der Waals surface area contributed by atoms with Crippen molar-refractivity contribution in [1.29, 1.82) is 0 Å². The summed E-state index contributed by atoms with van der Waals surface area (Å²) >= 11 is 0. The van der Waals surface area contributed by atoms with Crippen molar-refractivity contribution >= 4 is 17.5 Å². The third kappa shape index (κ3) is 5.13. The molecule has 166 valence electrons. The molecule has 1 saturated carbocycles. The smallest absolute Gasteiger partial charge is 0.257 e. The van der Waals surface area contributed by atoms with Crippen LogP contribution in [-0.4, -0.2) is 74.7 Å². The second-order valence-corrected chi connectivity index (χ2v) is 8.86. The van der Waals surface area contributed by atoms with Crippen molar-refractivity contribution in [1.82, 2.24) is 9.80 Å². The fraction of sp³-hybridized carbons (Fsp3) is 0.652. The molecule has 1 aliphatic carbocycles. The first-order valence-corrected chi connectivity index (χ1v) is 10.9. The van der Waals surface area contributed by atoms with Gasteiger partial charge in [0.15, 0.2) is 0 Å². The molecule has 0 radical (unpaired) electrons. The number of rotatable bonds is 3. The number of benzene rings is 1. The average molecular weight is 418 g/mol. The van der Waals surface area contributed by atoms with E-state index in [-0.39, 0.29) is 35.8 Å². The SMILES string of the molecule is CO[C@@H]1CN(C)C(=O)c2cc(NC(=O)C3CCC3)ccc2OC[C@@H](C)N(C)C[C@@H]1C. The first kappa shape index (κ1) is 22.6. The number of carbonyl (C=O) groups excluding carboxylic acids is 2. The van der Waals surface area contributed by atoms with Gasteiger partial charge >= 0.3 is 0 Å². The van der Waals surface area contributed by atoms with E-state index < -0.39 is 0 Å². The van der Waals surface area contributed by atoms with Crippen molar-refractivity contribution in [2.45, 2.75) is 45.3 Å². The van der Waals surface area contributed by atoms with Gasteiger partial charge in [0.25, 0.3) is 5.91 Å². The highest BCUT2D eigenvalue weighted by molar-refractivity contribution is 5.99. The number of amides is 2. The minimum atomic E-state index is -0.138. The van der Waals surface area contributed by atoms with E-state index in [4.69, 9.17) is 9.47 Å². The lowest BCUT2D eigenvalue weighted by Gasteiger charge is -2.34. The van der Waals surface area contributed by atoms with Gasteiger partial charge in [0.05, 0.1) is 11.7 Å². The molecule has 0 unspecified atom stereocenters. The molecule has 1 heterocycles. The maximum absolute atomic E-state index is 13.3. The Hall–Kier alpha value is -2.12. The summed E-state index contributed by atoms with van der Waals surface area (Å²) in [6.45, 7) is 6.06. The van der Waals surface area contributed by atoms with E-state index in [1.54, 1.807) is 31.2 Å². The lowest BCUT2D eigenvalue weighted by atomic mass is 9.85. The minimum Gasteiger partial charge on any atom is -0.491 e. The van der Waals surface area contributed by atoms with Gasteiger partial charge in [0.2, 0.25) is 5.91 Å².